The second-order valence-corrected chi connectivity index (χ2v) is 7.21. The van der Waals surface area contributed by atoms with Gasteiger partial charge in [0, 0.05) is 19.2 Å². The van der Waals surface area contributed by atoms with Crippen LogP contribution >= 0.6 is 0 Å². The fourth-order valence-corrected chi connectivity index (χ4v) is 3.51. The zero-order valence-electron chi connectivity index (χ0n) is 17.6. The van der Waals surface area contributed by atoms with E-state index in [9.17, 15) is 0 Å². The van der Waals surface area contributed by atoms with Crippen LogP contribution in [0.1, 0.15) is 17.2 Å². The second-order valence-electron chi connectivity index (χ2n) is 7.21. The monoisotopic (exact) mass is 435 g/mol. The molecule has 2 N–H and O–H groups in total. The van der Waals surface area contributed by atoms with Crippen molar-refractivity contribution in [1.29, 1.82) is 0 Å². The highest BCUT2D eigenvalue weighted by atomic mass is 16.5. The molecule has 0 atom stereocenters. The molecule has 0 aliphatic carbocycles. The van der Waals surface area contributed by atoms with E-state index < -0.39 is 11.9 Å². The van der Waals surface area contributed by atoms with E-state index in [1.165, 1.54) is 11.1 Å². The fourth-order valence-electron chi connectivity index (χ4n) is 3.51. The Morgan fingerprint density at radius 2 is 1.31 bits per heavy atom. The number of ether oxygens (including phenoxy) is 2. The van der Waals surface area contributed by atoms with E-state index in [4.69, 9.17) is 29.3 Å². The van der Waals surface area contributed by atoms with Gasteiger partial charge in [0.05, 0.1) is 13.2 Å². The first kappa shape index (κ1) is 22.8. The lowest BCUT2D eigenvalue weighted by Gasteiger charge is -2.44. The summed E-state index contributed by atoms with van der Waals surface area (Å²) < 4.78 is 11.4. The van der Waals surface area contributed by atoms with E-state index in [1.54, 1.807) is 7.11 Å². The predicted molar refractivity (Wildman–Crippen MR) is 119 cm³/mol. The minimum atomic E-state index is -1.82. The molecule has 4 rings (SSSR count). The Bertz CT molecular complexity index is 967. The van der Waals surface area contributed by atoms with Gasteiger partial charge in [-0.1, -0.05) is 66.7 Å². The van der Waals surface area contributed by atoms with Crippen molar-refractivity contribution in [1.82, 2.24) is 4.90 Å². The Kier molecular flexibility index (Phi) is 7.83. The summed E-state index contributed by atoms with van der Waals surface area (Å²) in [6.45, 7) is 1.82. The predicted octanol–water partition coefficient (Wildman–Crippen LogP) is 3.70. The molecule has 7 heteroatoms. The SMILES string of the molecule is COc1cccc(OC2CN(C(c3ccccc3)c3ccccc3)C2)c1.O=C(O)C(=O)O. The van der Waals surface area contributed by atoms with Crippen molar-refractivity contribution in [2.45, 2.75) is 12.1 Å². The first-order valence-corrected chi connectivity index (χ1v) is 10.1. The number of nitrogens with zero attached hydrogens (tertiary/aromatic N) is 1. The number of carbonyl (C=O) groups is 2. The van der Waals surface area contributed by atoms with Crippen LogP contribution in [0.4, 0.5) is 0 Å². The maximum absolute atomic E-state index is 9.10. The summed E-state index contributed by atoms with van der Waals surface area (Å²) >= 11 is 0. The molecule has 0 spiro atoms. The molecule has 0 radical (unpaired) electrons. The summed E-state index contributed by atoms with van der Waals surface area (Å²) in [6.07, 6.45) is 0.206. The Hall–Kier alpha value is -3.84. The van der Waals surface area contributed by atoms with E-state index in [-0.39, 0.29) is 12.1 Å². The minimum absolute atomic E-state index is 0.206. The van der Waals surface area contributed by atoms with Gasteiger partial charge in [0.2, 0.25) is 0 Å². The van der Waals surface area contributed by atoms with Crippen LogP contribution in [0.2, 0.25) is 0 Å². The molecule has 166 valence electrons. The molecular formula is C25H25NO6. The largest absolute Gasteiger partial charge is 0.497 e. The molecule has 3 aromatic rings. The van der Waals surface area contributed by atoms with Gasteiger partial charge in [-0.25, -0.2) is 9.59 Å². The molecule has 32 heavy (non-hydrogen) atoms. The number of hydrogen-bond acceptors (Lipinski definition) is 5. The second kappa shape index (κ2) is 11.0. The summed E-state index contributed by atoms with van der Waals surface area (Å²) in [4.78, 5) is 20.7. The first-order valence-electron chi connectivity index (χ1n) is 10.1. The topological polar surface area (TPSA) is 96.3 Å². The highest BCUT2D eigenvalue weighted by Gasteiger charge is 2.35. The smallest absolute Gasteiger partial charge is 0.414 e. The van der Waals surface area contributed by atoms with Crippen LogP contribution < -0.4 is 9.47 Å². The third kappa shape index (κ3) is 6.09. The lowest BCUT2D eigenvalue weighted by atomic mass is 9.94. The molecule has 1 aliphatic rings. The first-order chi connectivity index (χ1) is 15.5. The van der Waals surface area contributed by atoms with E-state index in [0.717, 1.165) is 24.6 Å². The minimum Gasteiger partial charge on any atom is -0.497 e. The third-order valence-electron chi connectivity index (χ3n) is 5.00. The molecule has 0 saturated carbocycles. The highest BCUT2D eigenvalue weighted by Crippen LogP contribution is 2.33. The number of carboxylic acids is 2. The summed E-state index contributed by atoms with van der Waals surface area (Å²) in [5.41, 5.74) is 2.64. The van der Waals surface area contributed by atoms with Crippen LogP contribution in [-0.2, 0) is 9.59 Å². The van der Waals surface area contributed by atoms with Crippen molar-refractivity contribution in [2.24, 2.45) is 0 Å². The molecule has 0 aromatic heterocycles. The lowest BCUT2D eigenvalue weighted by Crippen LogP contribution is -2.55. The molecule has 0 unspecified atom stereocenters. The summed E-state index contributed by atoms with van der Waals surface area (Å²) in [7, 11) is 1.68. The Morgan fingerprint density at radius 1 is 0.812 bits per heavy atom. The fraction of sp³-hybridized carbons (Fsp3) is 0.200. The molecule has 0 amide bonds. The van der Waals surface area contributed by atoms with Crippen LogP contribution in [0.3, 0.4) is 0 Å². The Balaban J connectivity index is 0.000000427. The normalized spacial score (nSPS) is 13.4. The number of aliphatic carboxylic acids is 2. The summed E-state index contributed by atoms with van der Waals surface area (Å²) in [6, 6.07) is 29.4. The maximum atomic E-state index is 9.10. The Morgan fingerprint density at radius 3 is 1.78 bits per heavy atom. The van der Waals surface area contributed by atoms with Crippen molar-refractivity contribution in [3.8, 4) is 11.5 Å². The van der Waals surface area contributed by atoms with E-state index in [1.807, 2.05) is 24.3 Å². The third-order valence-corrected chi connectivity index (χ3v) is 5.00. The van der Waals surface area contributed by atoms with Gasteiger partial charge < -0.3 is 19.7 Å². The van der Waals surface area contributed by atoms with Gasteiger partial charge in [0.1, 0.15) is 17.6 Å². The zero-order chi connectivity index (χ0) is 22.9. The molecule has 3 aromatic carbocycles. The number of rotatable bonds is 6. The molecule has 1 aliphatic heterocycles. The van der Waals surface area contributed by atoms with Crippen molar-refractivity contribution in [3.63, 3.8) is 0 Å². The lowest BCUT2D eigenvalue weighted by molar-refractivity contribution is -0.159. The average molecular weight is 435 g/mol. The number of hydrogen-bond donors (Lipinski definition) is 2. The molecule has 1 heterocycles. The highest BCUT2D eigenvalue weighted by molar-refractivity contribution is 6.27. The van der Waals surface area contributed by atoms with Crippen molar-refractivity contribution in [2.75, 3.05) is 20.2 Å². The number of likely N-dealkylation sites (tertiary alicyclic amines) is 1. The van der Waals surface area contributed by atoms with E-state index in [2.05, 4.69) is 65.6 Å². The average Bonchev–Trinajstić information content (AvgIpc) is 2.79. The van der Waals surface area contributed by atoms with Crippen molar-refractivity contribution < 1.29 is 29.3 Å². The Labute approximate surface area is 186 Å². The van der Waals surface area contributed by atoms with Crippen LogP contribution in [0.25, 0.3) is 0 Å². The van der Waals surface area contributed by atoms with Gasteiger partial charge >= 0.3 is 11.9 Å². The van der Waals surface area contributed by atoms with Crippen LogP contribution in [0.15, 0.2) is 84.9 Å². The van der Waals surface area contributed by atoms with Crippen LogP contribution in [0.5, 0.6) is 11.5 Å². The van der Waals surface area contributed by atoms with Gasteiger partial charge in [0.25, 0.3) is 0 Å². The van der Waals surface area contributed by atoms with Crippen LogP contribution in [-0.4, -0.2) is 53.4 Å². The number of methoxy groups -OCH3 is 1. The van der Waals surface area contributed by atoms with Gasteiger partial charge in [-0.05, 0) is 23.3 Å². The molecular weight excluding hydrogens is 410 g/mol. The quantitative estimate of drug-likeness (QED) is 0.570. The molecule has 0 bridgehead atoms. The molecule has 1 saturated heterocycles. The van der Waals surface area contributed by atoms with Gasteiger partial charge in [-0.3, -0.25) is 4.90 Å². The van der Waals surface area contributed by atoms with E-state index >= 15 is 0 Å². The summed E-state index contributed by atoms with van der Waals surface area (Å²) in [5.74, 6) is -1.96. The van der Waals surface area contributed by atoms with Crippen molar-refractivity contribution in [3.05, 3.63) is 96.1 Å². The van der Waals surface area contributed by atoms with E-state index in [0.29, 0.717) is 0 Å². The molecule has 1 fully saturated rings. The number of carboxylic acid groups (broad SMARTS) is 2. The van der Waals surface area contributed by atoms with Gasteiger partial charge in [0.15, 0.2) is 0 Å². The maximum Gasteiger partial charge on any atom is 0.414 e. The van der Waals surface area contributed by atoms with Crippen molar-refractivity contribution >= 4 is 11.9 Å². The number of benzene rings is 3. The molecule has 7 nitrogen and oxygen atoms in total. The zero-order valence-corrected chi connectivity index (χ0v) is 17.6. The van der Waals surface area contributed by atoms with Crippen LogP contribution in [0, 0.1) is 0 Å². The van der Waals surface area contributed by atoms with Gasteiger partial charge in [-0.2, -0.15) is 0 Å². The van der Waals surface area contributed by atoms with Gasteiger partial charge in [-0.15, -0.1) is 0 Å². The standard InChI is InChI=1S/C23H23NO2.C2H2O4/c1-25-20-13-8-14-21(15-20)26-22-16-24(17-22)23(18-9-4-2-5-10-18)19-11-6-3-7-12-19;3-1(4)2(5)6/h2-15,22-23H,16-17H2,1H3;(H,3,4)(H,5,6). The summed E-state index contributed by atoms with van der Waals surface area (Å²) in [5, 5.41) is 14.8.